The molecule has 0 aliphatic heterocycles. The number of nitrogens with zero attached hydrogens (tertiary/aromatic N) is 4. The minimum atomic E-state index is -0.279. The molecule has 9 heteroatoms. The summed E-state index contributed by atoms with van der Waals surface area (Å²) < 4.78 is 12.9. The fourth-order valence-electron chi connectivity index (χ4n) is 2.14. The largest absolute Gasteiger partial charge is 0.368 e. The lowest BCUT2D eigenvalue weighted by Crippen LogP contribution is -2.23. The number of benzene rings is 2. The van der Waals surface area contributed by atoms with Crippen LogP contribution in [0.2, 0.25) is 0 Å². The number of rotatable bonds is 7. The van der Waals surface area contributed by atoms with E-state index in [2.05, 4.69) is 36.3 Å². The number of nitrogens with one attached hydrogen (secondary N) is 3. The molecule has 27 heavy (non-hydrogen) atoms. The summed E-state index contributed by atoms with van der Waals surface area (Å²) in [7, 11) is 0. The van der Waals surface area contributed by atoms with Crippen molar-refractivity contribution < 1.29 is 4.39 Å². The number of hydrazone groups is 1. The Morgan fingerprint density at radius 2 is 1.70 bits per heavy atom. The van der Waals surface area contributed by atoms with Crippen LogP contribution in [-0.4, -0.2) is 21.2 Å². The number of hydrogen-bond donors (Lipinski definition) is 4. The maximum Gasteiger partial charge on any atom is 0.250 e. The average Bonchev–Trinajstić information content (AvgIpc) is 2.65. The summed E-state index contributed by atoms with van der Waals surface area (Å²) in [4.78, 5) is 12.1. The first-order valence-corrected chi connectivity index (χ1v) is 8.19. The van der Waals surface area contributed by atoms with Crippen LogP contribution in [0.3, 0.4) is 0 Å². The van der Waals surface area contributed by atoms with Gasteiger partial charge in [0.1, 0.15) is 5.82 Å². The Morgan fingerprint density at radius 3 is 2.44 bits per heavy atom. The summed E-state index contributed by atoms with van der Waals surface area (Å²) in [5.74, 6) is 0.206. The summed E-state index contributed by atoms with van der Waals surface area (Å²) in [5, 5.41) is 4.09. The molecule has 0 amide bonds. The lowest BCUT2D eigenvalue weighted by molar-refractivity contribution is 0.626. The van der Waals surface area contributed by atoms with E-state index in [-0.39, 0.29) is 23.7 Å². The zero-order chi connectivity index (χ0) is 19.1. The van der Waals surface area contributed by atoms with E-state index in [0.29, 0.717) is 6.54 Å². The van der Waals surface area contributed by atoms with Crippen LogP contribution in [0.25, 0.3) is 0 Å². The normalized spacial score (nSPS) is 10.9. The third-order valence-electron chi connectivity index (χ3n) is 3.51. The molecule has 0 saturated heterocycles. The molecular weight excluding hydrogens is 347 g/mol. The van der Waals surface area contributed by atoms with Crippen molar-refractivity contribution in [3.63, 3.8) is 0 Å². The molecule has 0 saturated carbocycles. The Labute approximate surface area is 155 Å². The smallest absolute Gasteiger partial charge is 0.250 e. The predicted molar refractivity (Wildman–Crippen MR) is 103 cm³/mol. The second-order valence-corrected chi connectivity index (χ2v) is 5.73. The van der Waals surface area contributed by atoms with Crippen LogP contribution in [0.5, 0.6) is 0 Å². The summed E-state index contributed by atoms with van der Waals surface area (Å²) >= 11 is 0. The fraction of sp³-hybridized carbons (Fsp3) is 0.111. The lowest BCUT2D eigenvalue weighted by atomic mass is 10.2. The van der Waals surface area contributed by atoms with Crippen LogP contribution >= 0.6 is 0 Å². The molecule has 0 fully saturated rings. The number of hydrazine groups is 1. The molecule has 0 aliphatic carbocycles. The second-order valence-electron chi connectivity index (χ2n) is 5.73. The molecular formula is C18H19FN8. The molecule has 0 atom stereocenters. The number of anilines is 3. The molecule has 1 aromatic heterocycles. The van der Waals surface area contributed by atoms with Gasteiger partial charge >= 0.3 is 0 Å². The molecule has 0 spiro atoms. The SMILES string of the molecule is Cc1ccc(C=NNc2nc(N)nc(NNCc3ccc(F)cc3)n2)cc1. The van der Waals surface area contributed by atoms with Crippen LogP contribution in [0.15, 0.2) is 53.6 Å². The maximum absolute atomic E-state index is 12.9. The van der Waals surface area contributed by atoms with Crippen molar-refractivity contribution in [1.82, 2.24) is 20.4 Å². The standard InChI is InChI=1S/C18H19FN8/c1-12-2-4-13(5-3-12)10-21-26-17-23-16(20)24-18(25-17)27-22-11-14-6-8-15(19)9-7-14/h2-10,22H,11H2,1H3,(H4,20,23,24,25,26,27). The molecule has 0 unspecified atom stereocenters. The third-order valence-corrected chi connectivity index (χ3v) is 3.51. The molecule has 3 aromatic rings. The van der Waals surface area contributed by atoms with Gasteiger partial charge in [-0.05, 0) is 30.2 Å². The Morgan fingerprint density at radius 1 is 1.00 bits per heavy atom. The topological polar surface area (TPSA) is 113 Å². The molecule has 2 aromatic carbocycles. The van der Waals surface area contributed by atoms with Crippen molar-refractivity contribution in [2.24, 2.45) is 5.10 Å². The Balaban J connectivity index is 1.56. The predicted octanol–water partition coefficient (Wildman–Crippen LogP) is 2.46. The van der Waals surface area contributed by atoms with Crippen molar-refractivity contribution in [3.05, 3.63) is 71.0 Å². The van der Waals surface area contributed by atoms with Gasteiger partial charge in [0.25, 0.3) is 0 Å². The highest BCUT2D eigenvalue weighted by Crippen LogP contribution is 2.07. The van der Waals surface area contributed by atoms with Gasteiger partial charge in [0.15, 0.2) is 0 Å². The number of aryl methyl sites for hydroxylation is 1. The van der Waals surface area contributed by atoms with Gasteiger partial charge in [0, 0.05) is 6.54 Å². The van der Waals surface area contributed by atoms with E-state index in [1.165, 1.54) is 17.7 Å². The van der Waals surface area contributed by atoms with Crippen LogP contribution < -0.4 is 22.0 Å². The van der Waals surface area contributed by atoms with E-state index in [1.807, 2.05) is 31.2 Å². The highest BCUT2D eigenvalue weighted by atomic mass is 19.1. The molecule has 0 bridgehead atoms. The highest BCUT2D eigenvalue weighted by Gasteiger charge is 2.03. The second kappa shape index (κ2) is 8.68. The maximum atomic E-state index is 12.9. The Kier molecular flexibility index (Phi) is 5.85. The van der Waals surface area contributed by atoms with E-state index in [0.717, 1.165) is 11.1 Å². The molecule has 0 radical (unpaired) electrons. The number of hydrogen-bond acceptors (Lipinski definition) is 8. The molecule has 8 nitrogen and oxygen atoms in total. The van der Waals surface area contributed by atoms with Gasteiger partial charge in [-0.3, -0.25) is 5.43 Å². The molecule has 0 aliphatic rings. The molecule has 3 rings (SSSR count). The molecule has 1 heterocycles. The van der Waals surface area contributed by atoms with Gasteiger partial charge in [-0.25, -0.2) is 15.2 Å². The van der Waals surface area contributed by atoms with Crippen LogP contribution in [0, 0.1) is 12.7 Å². The number of aromatic nitrogens is 3. The molecule has 5 N–H and O–H groups in total. The van der Waals surface area contributed by atoms with Crippen molar-refractivity contribution >= 4 is 24.1 Å². The van der Waals surface area contributed by atoms with E-state index in [1.54, 1.807) is 18.3 Å². The van der Waals surface area contributed by atoms with E-state index >= 15 is 0 Å². The van der Waals surface area contributed by atoms with Gasteiger partial charge in [0.05, 0.1) is 6.21 Å². The van der Waals surface area contributed by atoms with Crippen molar-refractivity contribution in [2.45, 2.75) is 13.5 Å². The number of nitrogens with two attached hydrogens (primary N) is 1. The van der Waals surface area contributed by atoms with Gasteiger partial charge < -0.3 is 5.73 Å². The highest BCUT2D eigenvalue weighted by molar-refractivity contribution is 5.80. The lowest BCUT2D eigenvalue weighted by Gasteiger charge is -2.08. The minimum absolute atomic E-state index is 0.0455. The third kappa shape index (κ3) is 5.72. The summed E-state index contributed by atoms with van der Waals surface area (Å²) in [6.07, 6.45) is 1.65. The van der Waals surface area contributed by atoms with E-state index in [4.69, 9.17) is 5.73 Å². The van der Waals surface area contributed by atoms with Crippen molar-refractivity contribution in [2.75, 3.05) is 16.6 Å². The van der Waals surface area contributed by atoms with Crippen molar-refractivity contribution in [3.8, 4) is 0 Å². The van der Waals surface area contributed by atoms with E-state index < -0.39 is 0 Å². The van der Waals surface area contributed by atoms with Gasteiger partial charge in [-0.2, -0.15) is 20.1 Å². The first-order valence-electron chi connectivity index (χ1n) is 8.19. The Hall–Kier alpha value is -3.59. The quantitative estimate of drug-likeness (QED) is 0.375. The zero-order valence-electron chi connectivity index (χ0n) is 14.6. The number of halogens is 1. The first-order chi connectivity index (χ1) is 13.1. The van der Waals surface area contributed by atoms with Gasteiger partial charge in [-0.15, -0.1) is 0 Å². The summed E-state index contributed by atoms with van der Waals surface area (Å²) in [6.45, 7) is 2.46. The average molecular weight is 366 g/mol. The van der Waals surface area contributed by atoms with Crippen LogP contribution in [0.4, 0.5) is 22.2 Å². The van der Waals surface area contributed by atoms with Crippen LogP contribution in [-0.2, 0) is 6.54 Å². The zero-order valence-corrected chi connectivity index (χ0v) is 14.6. The van der Waals surface area contributed by atoms with Gasteiger partial charge in [0.2, 0.25) is 17.8 Å². The fourth-order valence-corrected chi connectivity index (χ4v) is 2.14. The monoisotopic (exact) mass is 366 g/mol. The summed E-state index contributed by atoms with van der Waals surface area (Å²) in [5.41, 5.74) is 17.2. The summed E-state index contributed by atoms with van der Waals surface area (Å²) in [6, 6.07) is 14.0. The first kappa shape index (κ1) is 18.2. The van der Waals surface area contributed by atoms with Gasteiger partial charge in [-0.1, -0.05) is 42.0 Å². The molecule has 138 valence electrons. The van der Waals surface area contributed by atoms with Crippen molar-refractivity contribution in [1.29, 1.82) is 0 Å². The van der Waals surface area contributed by atoms with E-state index in [9.17, 15) is 4.39 Å². The number of nitrogen functional groups attached to an aromatic ring is 1. The minimum Gasteiger partial charge on any atom is -0.368 e. The van der Waals surface area contributed by atoms with Crippen LogP contribution in [0.1, 0.15) is 16.7 Å². The Bertz CT molecular complexity index is 910.